The Kier molecular flexibility index (Phi) is 3.77. The molecule has 0 aromatic heterocycles. The van der Waals surface area contributed by atoms with Crippen molar-refractivity contribution >= 4 is 5.69 Å². The van der Waals surface area contributed by atoms with Crippen LogP contribution >= 0.6 is 0 Å². The predicted molar refractivity (Wildman–Crippen MR) is 66.2 cm³/mol. The molecule has 0 atom stereocenters. The minimum absolute atomic E-state index is 0.0917. The monoisotopic (exact) mass is 230 g/mol. The Morgan fingerprint density at radius 3 is 2.94 bits per heavy atom. The summed E-state index contributed by atoms with van der Waals surface area (Å²) in [5.74, 6) is -0.461. The van der Waals surface area contributed by atoms with E-state index in [1.165, 1.54) is 37.0 Å². The molecule has 17 heavy (non-hydrogen) atoms. The van der Waals surface area contributed by atoms with E-state index in [0.717, 1.165) is 18.7 Å². The fourth-order valence-electron chi connectivity index (χ4n) is 2.05. The molecule has 2 rings (SSSR count). The molecule has 3 heteroatoms. The van der Waals surface area contributed by atoms with Gasteiger partial charge in [0, 0.05) is 12.2 Å². The number of benzene rings is 1. The minimum Gasteiger partial charge on any atom is -0.385 e. The first-order chi connectivity index (χ1) is 8.29. The molecule has 0 unspecified atom stereocenters. The molecule has 1 aromatic carbocycles. The molecule has 0 spiro atoms. The number of anilines is 1. The minimum atomic E-state index is -0.461. The average Bonchev–Trinajstić information content (AvgIpc) is 2.82. The van der Waals surface area contributed by atoms with Crippen LogP contribution in [0, 0.1) is 17.1 Å². The Morgan fingerprint density at radius 2 is 2.29 bits per heavy atom. The Labute approximate surface area is 101 Å². The van der Waals surface area contributed by atoms with Crippen LogP contribution in [0.3, 0.4) is 0 Å². The SMILES string of the molecule is N#Cc1ccc(NCCC2=CCCC2)cc1F. The molecule has 0 amide bonds. The number of halogens is 1. The summed E-state index contributed by atoms with van der Waals surface area (Å²) in [5.41, 5.74) is 2.32. The molecule has 1 aliphatic rings. The van der Waals surface area contributed by atoms with Crippen molar-refractivity contribution in [3.05, 3.63) is 41.2 Å². The maximum atomic E-state index is 13.3. The van der Waals surface area contributed by atoms with Gasteiger partial charge < -0.3 is 5.32 Å². The van der Waals surface area contributed by atoms with E-state index in [-0.39, 0.29) is 5.56 Å². The highest BCUT2D eigenvalue weighted by molar-refractivity contribution is 5.48. The van der Waals surface area contributed by atoms with E-state index in [2.05, 4.69) is 11.4 Å². The van der Waals surface area contributed by atoms with E-state index in [4.69, 9.17) is 5.26 Å². The normalized spacial score (nSPS) is 14.2. The van der Waals surface area contributed by atoms with Crippen molar-refractivity contribution in [2.75, 3.05) is 11.9 Å². The predicted octanol–water partition coefficient (Wildman–Crippen LogP) is 3.61. The summed E-state index contributed by atoms with van der Waals surface area (Å²) >= 11 is 0. The Morgan fingerprint density at radius 1 is 1.41 bits per heavy atom. The van der Waals surface area contributed by atoms with Crippen LogP contribution in [0.15, 0.2) is 29.8 Å². The van der Waals surface area contributed by atoms with Crippen LogP contribution in [0.1, 0.15) is 31.2 Å². The lowest BCUT2D eigenvalue weighted by Crippen LogP contribution is -2.02. The molecule has 88 valence electrons. The van der Waals surface area contributed by atoms with Crippen LogP contribution in [0.25, 0.3) is 0 Å². The summed E-state index contributed by atoms with van der Waals surface area (Å²) in [7, 11) is 0. The first-order valence-electron chi connectivity index (χ1n) is 5.91. The third-order valence-electron chi connectivity index (χ3n) is 3.00. The van der Waals surface area contributed by atoms with E-state index in [1.807, 2.05) is 6.07 Å². The van der Waals surface area contributed by atoms with Gasteiger partial charge in [0.2, 0.25) is 0 Å². The van der Waals surface area contributed by atoms with Gasteiger partial charge in [-0.15, -0.1) is 0 Å². The fraction of sp³-hybridized carbons (Fsp3) is 0.357. The molecule has 0 aliphatic heterocycles. The number of hydrogen-bond acceptors (Lipinski definition) is 2. The maximum absolute atomic E-state index is 13.3. The Hall–Kier alpha value is -1.82. The van der Waals surface area contributed by atoms with Crippen LogP contribution in [-0.4, -0.2) is 6.54 Å². The van der Waals surface area contributed by atoms with Gasteiger partial charge in [-0.1, -0.05) is 11.6 Å². The Bertz CT molecular complexity index is 472. The summed E-state index contributed by atoms with van der Waals surface area (Å²) in [5, 5.41) is 11.8. The topological polar surface area (TPSA) is 35.8 Å². The van der Waals surface area contributed by atoms with Gasteiger partial charge in [0.1, 0.15) is 11.9 Å². The second kappa shape index (κ2) is 5.49. The maximum Gasteiger partial charge on any atom is 0.143 e. The van der Waals surface area contributed by atoms with Crippen molar-refractivity contribution in [2.45, 2.75) is 25.7 Å². The molecule has 1 aromatic rings. The lowest BCUT2D eigenvalue weighted by atomic mass is 10.1. The van der Waals surface area contributed by atoms with E-state index in [9.17, 15) is 4.39 Å². The Balaban J connectivity index is 1.87. The molecule has 0 saturated carbocycles. The standard InChI is InChI=1S/C14H15FN2/c15-14-9-13(6-5-12(14)10-16)17-8-7-11-3-1-2-4-11/h3,5-6,9,17H,1-2,4,7-8H2. The van der Waals surface area contributed by atoms with E-state index < -0.39 is 5.82 Å². The van der Waals surface area contributed by atoms with Gasteiger partial charge in [-0.3, -0.25) is 0 Å². The fourth-order valence-corrected chi connectivity index (χ4v) is 2.05. The molecule has 0 bridgehead atoms. The van der Waals surface area contributed by atoms with Crippen LogP contribution in [0.2, 0.25) is 0 Å². The van der Waals surface area contributed by atoms with E-state index in [0.29, 0.717) is 0 Å². The van der Waals surface area contributed by atoms with Crippen LogP contribution in [0.5, 0.6) is 0 Å². The van der Waals surface area contributed by atoms with Gasteiger partial charge >= 0.3 is 0 Å². The molecule has 1 aliphatic carbocycles. The quantitative estimate of drug-likeness (QED) is 0.802. The number of nitrogens with zero attached hydrogens (tertiary/aromatic N) is 1. The highest BCUT2D eigenvalue weighted by Crippen LogP contribution is 2.21. The average molecular weight is 230 g/mol. The van der Waals surface area contributed by atoms with Gasteiger partial charge in [-0.2, -0.15) is 5.26 Å². The van der Waals surface area contributed by atoms with Crippen molar-refractivity contribution in [1.82, 2.24) is 0 Å². The summed E-state index contributed by atoms with van der Waals surface area (Å²) in [4.78, 5) is 0. The van der Waals surface area contributed by atoms with Crippen molar-refractivity contribution in [3.8, 4) is 6.07 Å². The molecule has 2 nitrogen and oxygen atoms in total. The second-order valence-corrected chi connectivity index (χ2v) is 4.24. The zero-order chi connectivity index (χ0) is 12.1. The third kappa shape index (κ3) is 3.07. The van der Waals surface area contributed by atoms with Gasteiger partial charge in [0.15, 0.2) is 0 Å². The summed E-state index contributed by atoms with van der Waals surface area (Å²) in [6, 6.07) is 6.44. The van der Waals surface area contributed by atoms with Gasteiger partial charge in [0.25, 0.3) is 0 Å². The van der Waals surface area contributed by atoms with Crippen molar-refractivity contribution in [1.29, 1.82) is 5.26 Å². The van der Waals surface area contributed by atoms with E-state index >= 15 is 0 Å². The summed E-state index contributed by atoms with van der Waals surface area (Å²) in [6.45, 7) is 0.817. The smallest absolute Gasteiger partial charge is 0.143 e. The highest BCUT2D eigenvalue weighted by atomic mass is 19.1. The number of allylic oxidation sites excluding steroid dienone is 1. The van der Waals surface area contributed by atoms with Gasteiger partial charge in [-0.05, 0) is 43.9 Å². The summed E-state index contributed by atoms with van der Waals surface area (Å²) in [6.07, 6.45) is 6.97. The van der Waals surface area contributed by atoms with Gasteiger partial charge in [0.05, 0.1) is 5.56 Å². The number of nitrogens with one attached hydrogen (secondary N) is 1. The van der Waals surface area contributed by atoms with Crippen LogP contribution in [0.4, 0.5) is 10.1 Å². The van der Waals surface area contributed by atoms with Crippen LogP contribution < -0.4 is 5.32 Å². The molecule has 0 radical (unpaired) electrons. The highest BCUT2D eigenvalue weighted by Gasteiger charge is 2.05. The van der Waals surface area contributed by atoms with Gasteiger partial charge in [-0.25, -0.2) is 4.39 Å². The largest absolute Gasteiger partial charge is 0.385 e. The third-order valence-corrected chi connectivity index (χ3v) is 3.00. The second-order valence-electron chi connectivity index (χ2n) is 4.24. The zero-order valence-electron chi connectivity index (χ0n) is 9.67. The first-order valence-corrected chi connectivity index (χ1v) is 5.91. The molecule has 0 saturated heterocycles. The number of rotatable bonds is 4. The van der Waals surface area contributed by atoms with Crippen molar-refractivity contribution < 1.29 is 4.39 Å². The number of hydrogen-bond donors (Lipinski definition) is 1. The lowest BCUT2D eigenvalue weighted by Gasteiger charge is -2.07. The molecular weight excluding hydrogens is 215 g/mol. The molecule has 0 fully saturated rings. The van der Waals surface area contributed by atoms with Crippen LogP contribution in [-0.2, 0) is 0 Å². The number of nitriles is 1. The molecule has 1 N–H and O–H groups in total. The van der Waals surface area contributed by atoms with Crippen molar-refractivity contribution in [2.24, 2.45) is 0 Å². The van der Waals surface area contributed by atoms with E-state index in [1.54, 1.807) is 6.07 Å². The van der Waals surface area contributed by atoms with Crippen molar-refractivity contribution in [3.63, 3.8) is 0 Å². The first kappa shape index (κ1) is 11.7. The zero-order valence-corrected chi connectivity index (χ0v) is 9.67. The summed E-state index contributed by atoms with van der Waals surface area (Å²) < 4.78 is 13.3. The molecule has 0 heterocycles. The lowest BCUT2D eigenvalue weighted by molar-refractivity contribution is 0.624. The molecular formula is C14H15FN2.